The number of hydrogen-bond donors (Lipinski definition) is 2. The van der Waals surface area contributed by atoms with Crippen LogP contribution in [-0.4, -0.2) is 10.9 Å². The summed E-state index contributed by atoms with van der Waals surface area (Å²) in [5, 5.41) is 3.48. The molecule has 5 heteroatoms. The number of halogens is 1. The fourth-order valence-corrected chi connectivity index (χ4v) is 1.93. The lowest BCUT2D eigenvalue weighted by Crippen LogP contribution is -2.28. The number of benzene rings is 1. The normalized spacial score (nSPS) is 11.9. The molecule has 0 radical (unpaired) electrons. The van der Waals surface area contributed by atoms with Crippen molar-refractivity contribution < 1.29 is 4.79 Å². The molecule has 1 heterocycles. The summed E-state index contributed by atoms with van der Waals surface area (Å²) in [5.41, 5.74) is 7.23. The number of carbonyl (C=O) groups is 1. The molecule has 0 unspecified atom stereocenters. The van der Waals surface area contributed by atoms with Gasteiger partial charge < -0.3 is 11.1 Å². The molecule has 1 aromatic carbocycles. The first-order valence-electron chi connectivity index (χ1n) is 5.84. The van der Waals surface area contributed by atoms with E-state index in [0.717, 1.165) is 5.56 Å². The minimum atomic E-state index is -0.300. The average molecular weight is 276 g/mol. The quantitative estimate of drug-likeness (QED) is 0.905. The van der Waals surface area contributed by atoms with Crippen LogP contribution in [-0.2, 0) is 0 Å². The summed E-state index contributed by atoms with van der Waals surface area (Å²) >= 11 is 5.92. The molecule has 1 atom stereocenters. The van der Waals surface area contributed by atoms with Crippen LogP contribution in [0.15, 0.2) is 42.6 Å². The summed E-state index contributed by atoms with van der Waals surface area (Å²) < 4.78 is 0. The van der Waals surface area contributed by atoms with Crippen molar-refractivity contribution in [3.05, 3.63) is 58.9 Å². The van der Waals surface area contributed by atoms with E-state index in [4.69, 9.17) is 17.3 Å². The van der Waals surface area contributed by atoms with Crippen LogP contribution in [0.5, 0.6) is 0 Å². The van der Waals surface area contributed by atoms with Gasteiger partial charge >= 0.3 is 0 Å². The van der Waals surface area contributed by atoms with Crippen molar-refractivity contribution in [2.24, 2.45) is 0 Å². The molecule has 1 aromatic heterocycles. The monoisotopic (exact) mass is 275 g/mol. The van der Waals surface area contributed by atoms with E-state index in [-0.39, 0.29) is 17.6 Å². The van der Waals surface area contributed by atoms with Crippen LogP contribution in [0.25, 0.3) is 0 Å². The number of hydrogen-bond acceptors (Lipinski definition) is 3. The minimum Gasteiger partial charge on any atom is -0.397 e. The molecule has 19 heavy (non-hydrogen) atoms. The predicted octanol–water partition coefficient (Wildman–Crippen LogP) is 2.81. The van der Waals surface area contributed by atoms with Crippen molar-refractivity contribution in [3.63, 3.8) is 0 Å². The van der Waals surface area contributed by atoms with E-state index in [1.54, 1.807) is 18.2 Å². The van der Waals surface area contributed by atoms with Crippen molar-refractivity contribution in [1.29, 1.82) is 0 Å². The molecule has 1 amide bonds. The van der Waals surface area contributed by atoms with Gasteiger partial charge in [0, 0.05) is 11.2 Å². The Kier molecular flexibility index (Phi) is 4.02. The third-order valence-corrected chi connectivity index (χ3v) is 2.99. The zero-order chi connectivity index (χ0) is 13.8. The number of amides is 1. The van der Waals surface area contributed by atoms with Gasteiger partial charge in [-0.05, 0) is 36.8 Å². The molecule has 0 spiro atoms. The second-order valence-corrected chi connectivity index (χ2v) is 4.63. The molecule has 3 N–H and O–H groups in total. The van der Waals surface area contributed by atoms with Crippen LogP contribution < -0.4 is 11.1 Å². The van der Waals surface area contributed by atoms with E-state index in [9.17, 15) is 4.79 Å². The maximum atomic E-state index is 12.0. The molecule has 0 fully saturated rings. The molecule has 0 aliphatic rings. The fraction of sp³-hybridized carbons (Fsp3) is 0.143. The summed E-state index contributed by atoms with van der Waals surface area (Å²) in [5.74, 6) is -0.300. The Morgan fingerprint density at radius 1 is 1.37 bits per heavy atom. The Morgan fingerprint density at radius 2 is 2.16 bits per heavy atom. The Balaban J connectivity index is 2.13. The number of carbonyl (C=O) groups excluding carboxylic acids is 1. The van der Waals surface area contributed by atoms with Crippen molar-refractivity contribution in [2.45, 2.75) is 13.0 Å². The molecular formula is C14H14ClN3O. The Morgan fingerprint density at radius 3 is 2.84 bits per heavy atom. The summed E-state index contributed by atoms with van der Waals surface area (Å²) in [4.78, 5) is 16.0. The topological polar surface area (TPSA) is 68.0 Å². The van der Waals surface area contributed by atoms with Gasteiger partial charge in [-0.2, -0.15) is 0 Å². The number of aromatic nitrogens is 1. The summed E-state index contributed by atoms with van der Waals surface area (Å²) in [6.07, 6.45) is 1.54. The highest BCUT2D eigenvalue weighted by Gasteiger charge is 2.14. The Bertz CT molecular complexity index is 601. The summed E-state index contributed by atoms with van der Waals surface area (Å²) in [7, 11) is 0. The second kappa shape index (κ2) is 5.71. The molecule has 2 rings (SSSR count). The Hall–Kier alpha value is -2.07. The standard InChI is InChI=1S/C14H14ClN3O/c1-9(10-4-2-5-11(15)8-10)18-14(19)13-12(16)6-3-7-17-13/h2-9H,16H2,1H3,(H,18,19)/t9-/m0/s1. The summed E-state index contributed by atoms with van der Waals surface area (Å²) in [6, 6.07) is 10.5. The van der Waals surface area contributed by atoms with E-state index in [2.05, 4.69) is 10.3 Å². The second-order valence-electron chi connectivity index (χ2n) is 4.19. The smallest absolute Gasteiger partial charge is 0.272 e. The van der Waals surface area contributed by atoms with Crippen LogP contribution >= 0.6 is 11.6 Å². The number of nitrogens with two attached hydrogens (primary N) is 1. The van der Waals surface area contributed by atoms with E-state index < -0.39 is 0 Å². The number of pyridine rings is 1. The number of nitrogen functional groups attached to an aromatic ring is 1. The largest absolute Gasteiger partial charge is 0.397 e. The predicted molar refractivity (Wildman–Crippen MR) is 76.0 cm³/mol. The lowest BCUT2D eigenvalue weighted by Gasteiger charge is -2.14. The maximum absolute atomic E-state index is 12.0. The van der Waals surface area contributed by atoms with Crippen LogP contribution in [0.1, 0.15) is 29.0 Å². The summed E-state index contributed by atoms with van der Waals surface area (Å²) in [6.45, 7) is 1.88. The van der Waals surface area contributed by atoms with E-state index >= 15 is 0 Å². The highest BCUT2D eigenvalue weighted by molar-refractivity contribution is 6.30. The van der Waals surface area contributed by atoms with Gasteiger partial charge in [0.2, 0.25) is 0 Å². The van der Waals surface area contributed by atoms with Crippen molar-refractivity contribution in [1.82, 2.24) is 10.3 Å². The van der Waals surface area contributed by atoms with E-state index in [0.29, 0.717) is 10.7 Å². The van der Waals surface area contributed by atoms with Gasteiger partial charge in [-0.15, -0.1) is 0 Å². The van der Waals surface area contributed by atoms with Gasteiger partial charge in [0.1, 0.15) is 0 Å². The van der Waals surface area contributed by atoms with Crippen LogP contribution in [0.3, 0.4) is 0 Å². The molecule has 0 bridgehead atoms. The highest BCUT2D eigenvalue weighted by Crippen LogP contribution is 2.18. The lowest BCUT2D eigenvalue weighted by molar-refractivity contribution is 0.0936. The number of nitrogens with zero attached hydrogens (tertiary/aromatic N) is 1. The highest BCUT2D eigenvalue weighted by atomic mass is 35.5. The molecule has 4 nitrogen and oxygen atoms in total. The zero-order valence-electron chi connectivity index (χ0n) is 10.4. The molecule has 0 saturated carbocycles. The number of nitrogens with one attached hydrogen (secondary N) is 1. The lowest BCUT2D eigenvalue weighted by atomic mass is 10.1. The first-order chi connectivity index (χ1) is 9.08. The van der Waals surface area contributed by atoms with Gasteiger partial charge in [-0.25, -0.2) is 4.98 Å². The molecule has 0 saturated heterocycles. The average Bonchev–Trinajstić information content (AvgIpc) is 2.39. The van der Waals surface area contributed by atoms with Gasteiger partial charge in [-0.1, -0.05) is 23.7 Å². The third-order valence-electron chi connectivity index (χ3n) is 2.75. The molecule has 0 aliphatic carbocycles. The maximum Gasteiger partial charge on any atom is 0.272 e. The molecule has 2 aromatic rings. The minimum absolute atomic E-state index is 0.174. The Labute approximate surface area is 116 Å². The first-order valence-corrected chi connectivity index (χ1v) is 6.22. The van der Waals surface area contributed by atoms with Crippen LogP contribution in [0, 0.1) is 0 Å². The zero-order valence-corrected chi connectivity index (χ0v) is 11.2. The van der Waals surface area contributed by atoms with Gasteiger partial charge in [-0.3, -0.25) is 4.79 Å². The number of anilines is 1. The third kappa shape index (κ3) is 3.23. The van der Waals surface area contributed by atoms with Gasteiger partial charge in [0.15, 0.2) is 5.69 Å². The molecule has 98 valence electrons. The van der Waals surface area contributed by atoms with Crippen molar-refractivity contribution >= 4 is 23.2 Å². The van der Waals surface area contributed by atoms with Gasteiger partial charge in [0.25, 0.3) is 5.91 Å². The van der Waals surface area contributed by atoms with Crippen LogP contribution in [0.4, 0.5) is 5.69 Å². The van der Waals surface area contributed by atoms with E-state index in [1.807, 2.05) is 25.1 Å². The SMILES string of the molecule is C[C@H](NC(=O)c1ncccc1N)c1cccc(Cl)c1. The first kappa shape index (κ1) is 13.4. The fourth-order valence-electron chi connectivity index (χ4n) is 1.73. The molecule has 0 aliphatic heterocycles. The molecular weight excluding hydrogens is 262 g/mol. The van der Waals surface area contributed by atoms with Crippen molar-refractivity contribution in [3.8, 4) is 0 Å². The van der Waals surface area contributed by atoms with Gasteiger partial charge in [0.05, 0.1) is 11.7 Å². The number of rotatable bonds is 3. The van der Waals surface area contributed by atoms with Crippen LogP contribution in [0.2, 0.25) is 5.02 Å². The van der Waals surface area contributed by atoms with Crippen molar-refractivity contribution in [2.75, 3.05) is 5.73 Å². The van der Waals surface area contributed by atoms with E-state index in [1.165, 1.54) is 6.20 Å².